The van der Waals surface area contributed by atoms with E-state index in [0.29, 0.717) is 13.0 Å². The first-order valence-electron chi connectivity index (χ1n) is 7.87. The van der Waals surface area contributed by atoms with Crippen LogP contribution in [-0.2, 0) is 4.79 Å². The molecule has 1 aliphatic rings. The van der Waals surface area contributed by atoms with Gasteiger partial charge in [0, 0.05) is 12.0 Å². The average Bonchev–Trinajstić information content (AvgIpc) is 2.53. The molecule has 0 heterocycles. The zero-order chi connectivity index (χ0) is 14.9. The number of carbonyl (C=O) groups excluding carboxylic acids is 1. The minimum atomic E-state index is 0.0857. The lowest BCUT2D eigenvalue weighted by Crippen LogP contribution is -2.15. The van der Waals surface area contributed by atoms with Crippen LogP contribution in [0.15, 0.2) is 24.3 Å². The topological polar surface area (TPSA) is 55.1 Å². The molecule has 1 aromatic rings. The van der Waals surface area contributed by atoms with Crippen molar-refractivity contribution < 1.29 is 4.79 Å². The van der Waals surface area contributed by atoms with Crippen molar-refractivity contribution in [3.8, 4) is 11.8 Å². The van der Waals surface area contributed by atoms with Gasteiger partial charge in [0.05, 0.1) is 12.2 Å². The summed E-state index contributed by atoms with van der Waals surface area (Å²) in [7, 11) is 0. The minimum Gasteiger partial charge on any atom is -0.325 e. The van der Waals surface area contributed by atoms with Crippen molar-refractivity contribution in [3.63, 3.8) is 0 Å². The van der Waals surface area contributed by atoms with E-state index in [1.54, 1.807) is 0 Å². The molecule has 1 amide bonds. The molecular formula is C18H24N2O. The van der Waals surface area contributed by atoms with Gasteiger partial charge in [-0.15, -0.1) is 0 Å². The average molecular weight is 284 g/mol. The van der Waals surface area contributed by atoms with E-state index in [1.807, 2.05) is 24.3 Å². The standard InChI is InChI=1S/C18H24N2O/c19-14-6-10-16-9-4-5-11-17(16)20-18(21)13-12-15-7-2-1-3-8-15/h4-5,9,11,15H,1-3,7-8,12-14,19H2,(H,20,21). The monoisotopic (exact) mass is 284 g/mol. The molecule has 21 heavy (non-hydrogen) atoms. The van der Waals surface area contributed by atoms with Crippen molar-refractivity contribution in [1.82, 2.24) is 0 Å². The summed E-state index contributed by atoms with van der Waals surface area (Å²) in [5.74, 6) is 6.64. The molecular weight excluding hydrogens is 260 g/mol. The highest BCUT2D eigenvalue weighted by atomic mass is 16.1. The van der Waals surface area contributed by atoms with Crippen molar-refractivity contribution in [3.05, 3.63) is 29.8 Å². The molecule has 3 heteroatoms. The quantitative estimate of drug-likeness (QED) is 0.834. The Morgan fingerprint density at radius 1 is 1.24 bits per heavy atom. The SMILES string of the molecule is NCC#Cc1ccccc1NC(=O)CCC1CCCCC1. The summed E-state index contributed by atoms with van der Waals surface area (Å²) in [6.07, 6.45) is 8.17. The van der Waals surface area contributed by atoms with Crippen LogP contribution in [0.5, 0.6) is 0 Å². The van der Waals surface area contributed by atoms with Crippen LogP contribution in [0.2, 0.25) is 0 Å². The lowest BCUT2D eigenvalue weighted by molar-refractivity contribution is -0.116. The Kier molecular flexibility index (Phi) is 6.30. The zero-order valence-electron chi connectivity index (χ0n) is 12.5. The largest absolute Gasteiger partial charge is 0.325 e. The van der Waals surface area contributed by atoms with Crippen molar-refractivity contribution in [2.24, 2.45) is 11.7 Å². The van der Waals surface area contributed by atoms with E-state index in [4.69, 9.17) is 5.73 Å². The number of rotatable bonds is 4. The molecule has 3 N–H and O–H groups in total. The van der Waals surface area contributed by atoms with Gasteiger partial charge in [-0.3, -0.25) is 4.79 Å². The van der Waals surface area contributed by atoms with Crippen LogP contribution in [0.3, 0.4) is 0 Å². The molecule has 0 aliphatic heterocycles. The van der Waals surface area contributed by atoms with Gasteiger partial charge in [-0.1, -0.05) is 56.1 Å². The fourth-order valence-electron chi connectivity index (χ4n) is 2.87. The summed E-state index contributed by atoms with van der Waals surface area (Å²) >= 11 is 0. The van der Waals surface area contributed by atoms with Crippen molar-refractivity contribution >= 4 is 11.6 Å². The highest BCUT2D eigenvalue weighted by Gasteiger charge is 2.15. The van der Waals surface area contributed by atoms with Gasteiger partial charge in [-0.25, -0.2) is 0 Å². The van der Waals surface area contributed by atoms with Gasteiger partial charge in [0.15, 0.2) is 0 Å². The predicted octanol–water partition coefficient (Wildman–Crippen LogP) is 3.30. The lowest BCUT2D eigenvalue weighted by atomic mass is 9.86. The first-order valence-corrected chi connectivity index (χ1v) is 7.87. The Morgan fingerprint density at radius 2 is 2.00 bits per heavy atom. The van der Waals surface area contributed by atoms with Gasteiger partial charge in [-0.2, -0.15) is 0 Å². The number of nitrogens with one attached hydrogen (secondary N) is 1. The number of benzene rings is 1. The number of anilines is 1. The number of hydrogen-bond donors (Lipinski definition) is 2. The lowest BCUT2D eigenvalue weighted by Gasteiger charge is -2.21. The van der Waals surface area contributed by atoms with E-state index in [-0.39, 0.29) is 5.91 Å². The second-order valence-corrected chi connectivity index (χ2v) is 5.64. The van der Waals surface area contributed by atoms with Crippen molar-refractivity contribution in [1.29, 1.82) is 0 Å². The maximum absolute atomic E-state index is 12.1. The van der Waals surface area contributed by atoms with Crippen LogP contribution in [0.4, 0.5) is 5.69 Å². The highest BCUT2D eigenvalue weighted by molar-refractivity contribution is 5.92. The van der Waals surface area contributed by atoms with E-state index >= 15 is 0 Å². The number of carbonyl (C=O) groups is 1. The molecule has 0 bridgehead atoms. The maximum atomic E-state index is 12.1. The summed E-state index contributed by atoms with van der Waals surface area (Å²) in [5, 5.41) is 2.98. The molecule has 0 atom stereocenters. The first-order chi connectivity index (χ1) is 10.3. The summed E-state index contributed by atoms with van der Waals surface area (Å²) in [6, 6.07) is 7.61. The molecule has 2 rings (SSSR count). The van der Waals surface area contributed by atoms with Gasteiger partial charge in [-0.05, 0) is 24.5 Å². The molecule has 1 saturated carbocycles. The van der Waals surface area contributed by atoms with Gasteiger partial charge < -0.3 is 11.1 Å². The Balaban J connectivity index is 1.87. The number of amides is 1. The summed E-state index contributed by atoms with van der Waals surface area (Å²) < 4.78 is 0. The van der Waals surface area contributed by atoms with E-state index in [1.165, 1.54) is 32.1 Å². The van der Waals surface area contributed by atoms with Crippen LogP contribution in [0, 0.1) is 17.8 Å². The summed E-state index contributed by atoms with van der Waals surface area (Å²) in [5.41, 5.74) is 7.01. The third kappa shape index (κ3) is 5.24. The molecule has 0 spiro atoms. The Hall–Kier alpha value is -1.79. The fourth-order valence-corrected chi connectivity index (χ4v) is 2.87. The molecule has 1 aromatic carbocycles. The van der Waals surface area contributed by atoms with E-state index in [9.17, 15) is 4.79 Å². The van der Waals surface area contributed by atoms with Crippen LogP contribution in [-0.4, -0.2) is 12.5 Å². The summed E-state index contributed by atoms with van der Waals surface area (Å²) in [6.45, 7) is 0.323. The highest BCUT2D eigenvalue weighted by Crippen LogP contribution is 2.27. The van der Waals surface area contributed by atoms with E-state index < -0.39 is 0 Å². The van der Waals surface area contributed by atoms with Gasteiger partial charge in [0.1, 0.15) is 0 Å². The van der Waals surface area contributed by atoms with Crippen LogP contribution in [0.25, 0.3) is 0 Å². The first kappa shape index (κ1) is 15.6. The number of hydrogen-bond acceptors (Lipinski definition) is 2. The Morgan fingerprint density at radius 3 is 2.76 bits per heavy atom. The molecule has 1 fully saturated rings. The van der Waals surface area contributed by atoms with Crippen LogP contribution >= 0.6 is 0 Å². The smallest absolute Gasteiger partial charge is 0.224 e. The van der Waals surface area contributed by atoms with Crippen LogP contribution < -0.4 is 11.1 Å². The molecule has 0 aromatic heterocycles. The second kappa shape index (κ2) is 8.49. The molecule has 0 saturated heterocycles. The van der Waals surface area contributed by atoms with Crippen molar-refractivity contribution in [2.75, 3.05) is 11.9 Å². The number of nitrogens with two attached hydrogens (primary N) is 1. The van der Waals surface area contributed by atoms with E-state index in [0.717, 1.165) is 23.6 Å². The molecule has 1 aliphatic carbocycles. The number of para-hydroxylation sites is 1. The fraction of sp³-hybridized carbons (Fsp3) is 0.500. The zero-order valence-corrected chi connectivity index (χ0v) is 12.5. The maximum Gasteiger partial charge on any atom is 0.224 e. The van der Waals surface area contributed by atoms with Gasteiger partial charge >= 0.3 is 0 Å². The predicted molar refractivity (Wildman–Crippen MR) is 86.8 cm³/mol. The summed E-state index contributed by atoms with van der Waals surface area (Å²) in [4.78, 5) is 12.1. The van der Waals surface area contributed by atoms with Gasteiger partial charge in [0.25, 0.3) is 0 Å². The van der Waals surface area contributed by atoms with Crippen molar-refractivity contribution in [2.45, 2.75) is 44.9 Å². The Labute approximate surface area is 127 Å². The molecule has 0 unspecified atom stereocenters. The van der Waals surface area contributed by atoms with Crippen LogP contribution in [0.1, 0.15) is 50.5 Å². The van der Waals surface area contributed by atoms with Gasteiger partial charge in [0.2, 0.25) is 5.91 Å². The third-order valence-corrected chi connectivity index (χ3v) is 4.03. The second-order valence-electron chi connectivity index (χ2n) is 5.64. The minimum absolute atomic E-state index is 0.0857. The normalized spacial score (nSPS) is 15.1. The molecule has 0 radical (unpaired) electrons. The molecule has 112 valence electrons. The Bertz CT molecular complexity index is 522. The third-order valence-electron chi connectivity index (χ3n) is 4.03. The molecule has 3 nitrogen and oxygen atoms in total. The van der Waals surface area contributed by atoms with E-state index in [2.05, 4.69) is 17.2 Å².